The van der Waals surface area contributed by atoms with Gasteiger partial charge in [-0.15, -0.1) is 0 Å². The average Bonchev–Trinajstić information content (AvgIpc) is 3.43. The summed E-state index contributed by atoms with van der Waals surface area (Å²) in [7, 11) is -4.06. The van der Waals surface area contributed by atoms with E-state index in [-0.39, 0.29) is 63.3 Å². The monoisotopic (exact) mass is 583 g/mol. The van der Waals surface area contributed by atoms with Crippen molar-refractivity contribution >= 4 is 27.4 Å². The van der Waals surface area contributed by atoms with Crippen LogP contribution in [0.1, 0.15) is 68.4 Å². The number of carbonyl (C=O) groups is 2. The molecule has 2 heterocycles. The van der Waals surface area contributed by atoms with Crippen LogP contribution in [0.25, 0.3) is 0 Å². The lowest BCUT2D eigenvalue weighted by atomic mass is 9.82. The zero-order valence-electron chi connectivity index (χ0n) is 22.7. The molecule has 41 heavy (non-hydrogen) atoms. The van der Waals surface area contributed by atoms with Crippen molar-refractivity contribution < 1.29 is 32.8 Å². The number of aliphatic hydroxyl groups is 1. The molecule has 2 atom stereocenters. The summed E-state index contributed by atoms with van der Waals surface area (Å²) in [5, 5.41) is 26.5. The molecule has 1 amide bonds. The molecule has 0 bridgehead atoms. The number of aromatic nitrogens is 1. The molecule has 1 aliphatic heterocycles. The van der Waals surface area contributed by atoms with Crippen molar-refractivity contribution in [2.75, 3.05) is 13.1 Å². The van der Waals surface area contributed by atoms with Gasteiger partial charge in [0.25, 0.3) is 27.4 Å². The van der Waals surface area contributed by atoms with Gasteiger partial charge in [0.05, 0.1) is 4.92 Å². The van der Waals surface area contributed by atoms with Crippen molar-refractivity contribution in [3.8, 4) is 5.75 Å². The number of ketones is 1. The maximum Gasteiger partial charge on any atom is 0.280 e. The summed E-state index contributed by atoms with van der Waals surface area (Å²) >= 11 is 0. The molecular formula is C27H29N5O8S. The number of nitro groups is 1. The number of benzene rings is 2. The van der Waals surface area contributed by atoms with Gasteiger partial charge in [0.2, 0.25) is 11.3 Å². The van der Waals surface area contributed by atoms with Gasteiger partial charge in [0, 0.05) is 30.3 Å². The average molecular weight is 584 g/mol. The number of sulfonamides is 1. The predicted molar refractivity (Wildman–Crippen MR) is 146 cm³/mol. The van der Waals surface area contributed by atoms with Crippen LogP contribution in [-0.2, 0) is 21.3 Å². The Kier molecular flexibility index (Phi) is 6.57. The summed E-state index contributed by atoms with van der Waals surface area (Å²) in [6.45, 7) is 6.92. The van der Waals surface area contributed by atoms with Crippen LogP contribution in [0, 0.1) is 24.0 Å². The highest BCUT2D eigenvalue weighted by molar-refractivity contribution is 7.89. The number of carbonyl (C=O) groups excluding carboxylic acids is 2. The number of ether oxygens (including phenoxy) is 1. The Hall–Kier alpha value is -4.11. The third kappa shape index (κ3) is 3.89. The van der Waals surface area contributed by atoms with Gasteiger partial charge >= 0.3 is 0 Å². The van der Waals surface area contributed by atoms with Crippen LogP contribution >= 0.6 is 0 Å². The van der Waals surface area contributed by atoms with Gasteiger partial charge in [-0.05, 0) is 42.5 Å². The van der Waals surface area contributed by atoms with Gasteiger partial charge < -0.3 is 25.9 Å². The van der Waals surface area contributed by atoms with Gasteiger partial charge in [-0.3, -0.25) is 19.7 Å². The minimum atomic E-state index is -4.06. The van der Waals surface area contributed by atoms with Crippen molar-refractivity contribution in [3.05, 3.63) is 85.6 Å². The highest BCUT2D eigenvalue weighted by atomic mass is 32.2. The smallest absolute Gasteiger partial charge is 0.280 e. The number of rotatable bonds is 8. The number of hydrogen-bond donors (Lipinski definition) is 5. The molecule has 0 spiro atoms. The van der Waals surface area contributed by atoms with Crippen molar-refractivity contribution in [3.63, 3.8) is 0 Å². The minimum Gasteiger partial charge on any atom is -0.454 e. The first-order valence-corrected chi connectivity index (χ1v) is 14.3. The number of Topliss-reactive ketones (excluding diaryl/α,β-unsaturated/α-hetero) is 1. The van der Waals surface area contributed by atoms with Crippen LogP contribution in [0.2, 0.25) is 0 Å². The molecule has 216 valence electrons. The summed E-state index contributed by atoms with van der Waals surface area (Å²) < 4.78 is 34.0. The second-order valence-electron chi connectivity index (χ2n) is 10.4. The van der Waals surface area contributed by atoms with E-state index < -0.39 is 43.7 Å². The molecule has 13 nitrogen and oxygen atoms in total. The van der Waals surface area contributed by atoms with E-state index >= 15 is 0 Å². The normalized spacial score (nSPS) is 20.9. The van der Waals surface area contributed by atoms with Gasteiger partial charge in [-0.2, -0.15) is 0 Å². The van der Waals surface area contributed by atoms with Gasteiger partial charge in [0.15, 0.2) is 5.03 Å². The molecule has 14 heteroatoms. The van der Waals surface area contributed by atoms with E-state index in [0.717, 1.165) is 11.6 Å². The van der Waals surface area contributed by atoms with Crippen molar-refractivity contribution in [1.29, 1.82) is 0 Å². The molecule has 0 radical (unpaired) electrons. The number of amides is 1. The lowest BCUT2D eigenvalue weighted by Gasteiger charge is -2.34. The molecule has 3 aromatic rings. The van der Waals surface area contributed by atoms with E-state index in [1.54, 1.807) is 12.1 Å². The van der Waals surface area contributed by atoms with Gasteiger partial charge in [-0.1, -0.05) is 38.1 Å². The van der Waals surface area contributed by atoms with E-state index in [9.17, 15) is 33.2 Å². The third-order valence-corrected chi connectivity index (χ3v) is 9.29. The molecule has 0 saturated carbocycles. The van der Waals surface area contributed by atoms with E-state index in [2.05, 4.69) is 15.0 Å². The van der Waals surface area contributed by atoms with E-state index in [4.69, 9.17) is 10.5 Å². The first kappa shape index (κ1) is 28.4. The van der Waals surface area contributed by atoms with Crippen LogP contribution < -0.4 is 20.5 Å². The Morgan fingerprint density at radius 1 is 1.22 bits per heavy atom. The van der Waals surface area contributed by atoms with Gasteiger partial charge in [0.1, 0.15) is 17.0 Å². The highest BCUT2D eigenvalue weighted by Crippen LogP contribution is 2.60. The molecule has 0 fully saturated rings. The molecule has 1 aromatic heterocycles. The molecule has 2 aliphatic rings. The van der Waals surface area contributed by atoms with Crippen LogP contribution in [0.15, 0.2) is 41.4 Å². The number of nitrogens with two attached hydrogens (primary N) is 1. The maximum atomic E-state index is 14.2. The second-order valence-corrected chi connectivity index (χ2v) is 12.1. The maximum absolute atomic E-state index is 14.2. The topological polar surface area (TPSA) is 207 Å². The molecule has 0 saturated heterocycles. The van der Waals surface area contributed by atoms with Crippen molar-refractivity contribution in [2.45, 2.75) is 50.0 Å². The second kappa shape index (κ2) is 9.48. The summed E-state index contributed by atoms with van der Waals surface area (Å²) in [5.74, 6) is -4.31. The number of nitrogens with one attached hydrogen (secondary N) is 3. The van der Waals surface area contributed by atoms with E-state index in [1.807, 2.05) is 13.8 Å². The Balaban J connectivity index is 1.70. The lowest BCUT2D eigenvalue weighted by Crippen LogP contribution is -2.60. The van der Waals surface area contributed by atoms with E-state index in [0.29, 0.717) is 0 Å². The SMILES string of the molecule is Cc1c(C(=O)NC23C(=O)c4cccc([N+](=O)[O-])c4C2(O)Oc2cc(C(C)C)ccc23)[nH]c(S(=O)(=O)NCCN)c1C. The zero-order chi connectivity index (χ0) is 30.1. The Morgan fingerprint density at radius 3 is 2.56 bits per heavy atom. The number of nitro benzene ring substituents is 1. The van der Waals surface area contributed by atoms with Crippen LogP contribution in [0.3, 0.4) is 0 Å². The molecule has 2 aromatic carbocycles. The summed E-state index contributed by atoms with van der Waals surface area (Å²) in [5.41, 5.74) is 3.24. The quantitative estimate of drug-likeness (QED) is 0.194. The summed E-state index contributed by atoms with van der Waals surface area (Å²) in [6, 6.07) is 8.63. The highest BCUT2D eigenvalue weighted by Gasteiger charge is 2.73. The van der Waals surface area contributed by atoms with Crippen LogP contribution in [0.5, 0.6) is 5.75 Å². The number of hydrogen-bond acceptors (Lipinski definition) is 9. The number of H-pyrrole nitrogens is 1. The fraction of sp³-hybridized carbons (Fsp3) is 0.333. The van der Waals surface area contributed by atoms with Gasteiger partial charge in [-0.25, -0.2) is 13.1 Å². The summed E-state index contributed by atoms with van der Waals surface area (Å²) in [4.78, 5) is 41.9. The third-order valence-electron chi connectivity index (χ3n) is 7.76. The Labute approximate surface area is 235 Å². The van der Waals surface area contributed by atoms with Crippen molar-refractivity contribution in [1.82, 2.24) is 15.0 Å². The molecule has 6 N–H and O–H groups in total. The first-order chi connectivity index (χ1) is 19.2. The Morgan fingerprint density at radius 2 is 1.93 bits per heavy atom. The van der Waals surface area contributed by atoms with Crippen LogP contribution in [0.4, 0.5) is 5.69 Å². The molecular weight excluding hydrogens is 554 g/mol. The van der Waals surface area contributed by atoms with Crippen molar-refractivity contribution in [2.24, 2.45) is 5.73 Å². The van der Waals surface area contributed by atoms with E-state index in [1.165, 1.54) is 32.0 Å². The number of aromatic amines is 1. The fourth-order valence-electron chi connectivity index (χ4n) is 5.53. The molecule has 1 aliphatic carbocycles. The number of fused-ring (bicyclic) bond motifs is 5. The molecule has 5 rings (SSSR count). The first-order valence-electron chi connectivity index (χ1n) is 12.8. The number of nitrogens with zero attached hydrogens (tertiary/aromatic N) is 1. The molecule has 2 unspecified atom stereocenters. The zero-order valence-corrected chi connectivity index (χ0v) is 23.5. The predicted octanol–water partition coefficient (Wildman–Crippen LogP) is 1.96. The minimum absolute atomic E-state index is 0.0322. The van der Waals surface area contributed by atoms with Crippen LogP contribution in [-0.4, -0.2) is 48.2 Å². The Bertz CT molecular complexity index is 1750. The standard InChI is InChI=1S/C27H29N5O8S/c1-13(2)16-8-9-18-20(12-16)40-27(35)21-17(6-5-7-19(21)32(36)37)23(33)26(18,27)31-24(34)22-14(3)15(4)25(30-22)41(38,39)29-11-10-28/h5-9,12-13,29-30,35H,10-11,28H2,1-4H3,(H,31,34). The lowest BCUT2D eigenvalue weighted by molar-refractivity contribution is -0.388. The fourth-order valence-corrected chi connectivity index (χ4v) is 6.85. The largest absolute Gasteiger partial charge is 0.454 e. The summed E-state index contributed by atoms with van der Waals surface area (Å²) in [6.07, 6.45) is 0.